The SMILES string of the molecule is C=CC(C=CCCCC)CC(C)C=CCCCC. The Hall–Kier alpha value is -0.780. The molecule has 0 aliphatic rings. The van der Waals surface area contributed by atoms with E-state index in [1.165, 1.54) is 44.9 Å². The third kappa shape index (κ3) is 10.4. The van der Waals surface area contributed by atoms with E-state index in [1.807, 2.05) is 0 Å². The average Bonchev–Trinajstić information content (AvgIpc) is 2.38. The molecule has 18 heavy (non-hydrogen) atoms. The van der Waals surface area contributed by atoms with Gasteiger partial charge in [0.2, 0.25) is 0 Å². The summed E-state index contributed by atoms with van der Waals surface area (Å²) in [5, 5.41) is 0. The van der Waals surface area contributed by atoms with Crippen molar-refractivity contribution in [2.45, 2.75) is 65.7 Å². The van der Waals surface area contributed by atoms with Gasteiger partial charge < -0.3 is 0 Å². The highest BCUT2D eigenvalue weighted by Gasteiger charge is 2.04. The van der Waals surface area contributed by atoms with Gasteiger partial charge in [-0.15, -0.1) is 6.58 Å². The Morgan fingerprint density at radius 3 is 2.00 bits per heavy atom. The highest BCUT2D eigenvalue weighted by Crippen LogP contribution is 2.17. The quantitative estimate of drug-likeness (QED) is 0.297. The second-order valence-electron chi connectivity index (χ2n) is 5.25. The molecule has 0 N–H and O–H groups in total. The molecule has 104 valence electrons. The molecule has 0 amide bonds. The van der Waals surface area contributed by atoms with Gasteiger partial charge in [0.05, 0.1) is 0 Å². The van der Waals surface area contributed by atoms with Crippen molar-refractivity contribution < 1.29 is 0 Å². The molecule has 0 heteroatoms. The van der Waals surface area contributed by atoms with E-state index in [4.69, 9.17) is 0 Å². The normalized spacial score (nSPS) is 15.3. The first-order valence-electron chi connectivity index (χ1n) is 7.70. The number of hydrogen-bond acceptors (Lipinski definition) is 0. The lowest BCUT2D eigenvalue weighted by molar-refractivity contribution is 0.578. The first-order valence-corrected chi connectivity index (χ1v) is 7.70. The lowest BCUT2D eigenvalue weighted by atomic mass is 9.94. The van der Waals surface area contributed by atoms with E-state index in [9.17, 15) is 0 Å². The molecule has 0 heterocycles. The predicted octanol–water partition coefficient (Wildman–Crippen LogP) is 6.31. The highest BCUT2D eigenvalue weighted by molar-refractivity contribution is 5.00. The molecule has 0 nitrogen and oxygen atoms in total. The molecule has 2 unspecified atom stereocenters. The molecule has 0 aliphatic carbocycles. The first-order chi connectivity index (χ1) is 8.74. The second-order valence-corrected chi connectivity index (χ2v) is 5.25. The maximum atomic E-state index is 3.95. The maximum Gasteiger partial charge on any atom is -0.00507 e. The summed E-state index contributed by atoms with van der Waals surface area (Å²) in [7, 11) is 0. The summed E-state index contributed by atoms with van der Waals surface area (Å²) >= 11 is 0. The highest BCUT2D eigenvalue weighted by atomic mass is 14.1. The van der Waals surface area contributed by atoms with Gasteiger partial charge >= 0.3 is 0 Å². The zero-order valence-corrected chi connectivity index (χ0v) is 12.7. The Labute approximate surface area is 115 Å². The van der Waals surface area contributed by atoms with Crippen LogP contribution < -0.4 is 0 Å². The van der Waals surface area contributed by atoms with Crippen molar-refractivity contribution >= 4 is 0 Å². The van der Waals surface area contributed by atoms with E-state index in [-0.39, 0.29) is 0 Å². The molecule has 0 aromatic rings. The average molecular weight is 248 g/mol. The molecule has 0 radical (unpaired) electrons. The van der Waals surface area contributed by atoms with Crippen LogP contribution in [0.25, 0.3) is 0 Å². The summed E-state index contributed by atoms with van der Waals surface area (Å²) in [6, 6.07) is 0. The van der Waals surface area contributed by atoms with Crippen LogP contribution >= 0.6 is 0 Å². The molecule has 0 aliphatic heterocycles. The van der Waals surface area contributed by atoms with Crippen LogP contribution in [0.2, 0.25) is 0 Å². The van der Waals surface area contributed by atoms with Crippen LogP contribution in [-0.4, -0.2) is 0 Å². The Morgan fingerprint density at radius 1 is 0.944 bits per heavy atom. The van der Waals surface area contributed by atoms with E-state index < -0.39 is 0 Å². The van der Waals surface area contributed by atoms with Crippen LogP contribution in [0.4, 0.5) is 0 Å². The van der Waals surface area contributed by atoms with Crippen LogP contribution in [0.3, 0.4) is 0 Å². The van der Waals surface area contributed by atoms with Crippen molar-refractivity contribution in [1.29, 1.82) is 0 Å². The minimum Gasteiger partial charge on any atom is -0.102 e. The Kier molecular flexibility index (Phi) is 12.1. The van der Waals surface area contributed by atoms with Crippen molar-refractivity contribution in [3.05, 3.63) is 37.0 Å². The summed E-state index contributed by atoms with van der Waals surface area (Å²) in [6.45, 7) is 10.7. The second kappa shape index (κ2) is 12.7. The van der Waals surface area contributed by atoms with Gasteiger partial charge in [-0.3, -0.25) is 0 Å². The maximum absolute atomic E-state index is 3.95. The van der Waals surface area contributed by atoms with Gasteiger partial charge in [-0.1, -0.05) is 76.8 Å². The Morgan fingerprint density at radius 2 is 1.50 bits per heavy atom. The standard InChI is InChI=1S/C18H32/c1-5-8-10-12-14-17(4)16-18(7-3)15-13-11-9-6-2/h7,12-15,17-18H,3,5-6,8-11,16H2,1-2,4H3. The minimum atomic E-state index is 0.535. The van der Waals surface area contributed by atoms with E-state index in [2.05, 4.69) is 57.7 Å². The molecular weight excluding hydrogens is 216 g/mol. The molecule has 0 aromatic heterocycles. The Balaban J connectivity index is 3.92. The summed E-state index contributed by atoms with van der Waals surface area (Å²) in [5.74, 6) is 1.19. The summed E-state index contributed by atoms with van der Waals surface area (Å²) in [6.07, 6.45) is 20.2. The third-order valence-electron chi connectivity index (χ3n) is 3.24. The molecule has 0 aromatic carbocycles. The Bertz CT molecular complexity index is 234. The number of hydrogen-bond donors (Lipinski definition) is 0. The van der Waals surface area contributed by atoms with Crippen LogP contribution in [0.5, 0.6) is 0 Å². The van der Waals surface area contributed by atoms with Crippen molar-refractivity contribution in [1.82, 2.24) is 0 Å². The van der Waals surface area contributed by atoms with E-state index in [0.29, 0.717) is 11.8 Å². The molecular formula is C18H32. The molecule has 0 spiro atoms. The zero-order valence-electron chi connectivity index (χ0n) is 12.7. The van der Waals surface area contributed by atoms with E-state index in [1.54, 1.807) is 0 Å². The monoisotopic (exact) mass is 248 g/mol. The van der Waals surface area contributed by atoms with Gasteiger partial charge in [-0.2, -0.15) is 0 Å². The van der Waals surface area contributed by atoms with Crippen LogP contribution in [0.1, 0.15) is 65.7 Å². The van der Waals surface area contributed by atoms with E-state index >= 15 is 0 Å². The summed E-state index contributed by atoms with van der Waals surface area (Å²) < 4.78 is 0. The lowest BCUT2D eigenvalue weighted by Crippen LogP contribution is -1.99. The van der Waals surface area contributed by atoms with Crippen molar-refractivity contribution in [2.75, 3.05) is 0 Å². The number of allylic oxidation sites excluding steroid dienone is 5. The minimum absolute atomic E-state index is 0.535. The molecule has 0 bridgehead atoms. The fourth-order valence-electron chi connectivity index (χ4n) is 2.00. The third-order valence-corrected chi connectivity index (χ3v) is 3.24. The smallest absolute Gasteiger partial charge is 0.00507 e. The molecule has 0 saturated heterocycles. The fraction of sp³-hybridized carbons (Fsp3) is 0.667. The van der Waals surface area contributed by atoms with Gasteiger partial charge in [0.1, 0.15) is 0 Å². The van der Waals surface area contributed by atoms with Gasteiger partial charge in [0, 0.05) is 0 Å². The van der Waals surface area contributed by atoms with Crippen molar-refractivity contribution in [3.63, 3.8) is 0 Å². The molecule has 0 rings (SSSR count). The molecule has 0 fully saturated rings. The summed E-state index contributed by atoms with van der Waals surface area (Å²) in [4.78, 5) is 0. The van der Waals surface area contributed by atoms with Crippen LogP contribution in [-0.2, 0) is 0 Å². The first kappa shape index (κ1) is 17.2. The fourth-order valence-corrected chi connectivity index (χ4v) is 2.00. The zero-order chi connectivity index (χ0) is 13.6. The van der Waals surface area contributed by atoms with E-state index in [0.717, 1.165) is 0 Å². The van der Waals surface area contributed by atoms with Gasteiger partial charge in [-0.25, -0.2) is 0 Å². The molecule has 2 atom stereocenters. The van der Waals surface area contributed by atoms with Gasteiger partial charge in [-0.05, 0) is 31.1 Å². The number of unbranched alkanes of at least 4 members (excludes halogenated alkanes) is 4. The topological polar surface area (TPSA) is 0 Å². The molecule has 0 saturated carbocycles. The van der Waals surface area contributed by atoms with Gasteiger partial charge in [0.25, 0.3) is 0 Å². The van der Waals surface area contributed by atoms with Crippen molar-refractivity contribution in [3.8, 4) is 0 Å². The predicted molar refractivity (Wildman–Crippen MR) is 84.8 cm³/mol. The van der Waals surface area contributed by atoms with Crippen LogP contribution in [0.15, 0.2) is 37.0 Å². The van der Waals surface area contributed by atoms with Crippen molar-refractivity contribution in [2.24, 2.45) is 11.8 Å². The largest absolute Gasteiger partial charge is 0.102 e. The lowest BCUT2D eigenvalue weighted by Gasteiger charge is -2.11. The summed E-state index contributed by atoms with van der Waals surface area (Å²) in [5.41, 5.74) is 0. The van der Waals surface area contributed by atoms with Crippen LogP contribution in [0, 0.1) is 11.8 Å². The van der Waals surface area contributed by atoms with Gasteiger partial charge in [0.15, 0.2) is 0 Å². The number of rotatable bonds is 11.